The second-order valence-corrected chi connectivity index (χ2v) is 5.66. The van der Waals surface area contributed by atoms with E-state index in [1.807, 2.05) is 0 Å². The van der Waals surface area contributed by atoms with Gasteiger partial charge in [0.2, 0.25) is 0 Å². The lowest BCUT2D eigenvalue weighted by atomic mass is 9.87. The van der Waals surface area contributed by atoms with Gasteiger partial charge in [-0.05, 0) is 41.7 Å². The molecule has 1 rings (SSSR count). The van der Waals surface area contributed by atoms with Crippen molar-refractivity contribution in [2.45, 2.75) is 52.4 Å². The maximum Gasteiger partial charge on any atom is 0.0436 e. The summed E-state index contributed by atoms with van der Waals surface area (Å²) in [4.78, 5) is 0. The fourth-order valence-corrected chi connectivity index (χ4v) is 2.30. The predicted octanol–water partition coefficient (Wildman–Crippen LogP) is 4.32. The summed E-state index contributed by atoms with van der Waals surface area (Å²) in [7, 11) is 0. The van der Waals surface area contributed by atoms with Crippen LogP contribution in [-0.4, -0.2) is 11.7 Å². The summed E-state index contributed by atoms with van der Waals surface area (Å²) in [6.45, 7) is 9.20. The Morgan fingerprint density at radius 2 is 1.47 bits per heavy atom. The first kappa shape index (κ1) is 14.2. The summed E-state index contributed by atoms with van der Waals surface area (Å²) < 4.78 is 0. The van der Waals surface area contributed by atoms with Crippen LogP contribution < -0.4 is 0 Å². The van der Waals surface area contributed by atoms with Gasteiger partial charge in [-0.3, -0.25) is 0 Å². The maximum atomic E-state index is 9.15. The van der Waals surface area contributed by atoms with Crippen molar-refractivity contribution >= 4 is 0 Å². The van der Waals surface area contributed by atoms with E-state index in [2.05, 4.69) is 52.0 Å². The molecule has 0 spiro atoms. The summed E-state index contributed by atoms with van der Waals surface area (Å²) in [6.07, 6.45) is 2.03. The van der Waals surface area contributed by atoms with Crippen LogP contribution in [0.15, 0.2) is 24.3 Å². The van der Waals surface area contributed by atoms with Crippen LogP contribution in [0.25, 0.3) is 0 Å². The van der Waals surface area contributed by atoms with Crippen LogP contribution in [0.4, 0.5) is 0 Å². The second-order valence-electron chi connectivity index (χ2n) is 5.66. The lowest BCUT2D eigenvalue weighted by molar-refractivity contribution is 0.267. The summed E-state index contributed by atoms with van der Waals surface area (Å²) in [5.41, 5.74) is 2.76. The molecule has 0 amide bonds. The van der Waals surface area contributed by atoms with Gasteiger partial charge in [0.25, 0.3) is 0 Å². The lowest BCUT2D eigenvalue weighted by Gasteiger charge is -2.19. The average molecular weight is 234 g/mol. The van der Waals surface area contributed by atoms with Gasteiger partial charge in [0.05, 0.1) is 0 Å². The number of hydrogen-bond donors (Lipinski definition) is 1. The van der Waals surface area contributed by atoms with E-state index in [-0.39, 0.29) is 6.61 Å². The zero-order valence-corrected chi connectivity index (χ0v) is 11.6. The van der Waals surface area contributed by atoms with Crippen molar-refractivity contribution in [2.75, 3.05) is 6.61 Å². The van der Waals surface area contributed by atoms with Gasteiger partial charge in [-0.2, -0.15) is 0 Å². The van der Waals surface area contributed by atoms with E-state index in [1.165, 1.54) is 11.1 Å². The van der Waals surface area contributed by atoms with Gasteiger partial charge >= 0.3 is 0 Å². The number of rotatable bonds is 6. The van der Waals surface area contributed by atoms with E-state index in [1.54, 1.807) is 0 Å². The molecule has 0 aromatic heterocycles. The van der Waals surface area contributed by atoms with Gasteiger partial charge in [0.1, 0.15) is 0 Å². The maximum absolute atomic E-state index is 9.15. The summed E-state index contributed by atoms with van der Waals surface area (Å²) in [5, 5.41) is 9.15. The van der Waals surface area contributed by atoms with Crippen LogP contribution in [0.2, 0.25) is 0 Å². The Kier molecular flexibility index (Phi) is 5.70. The Morgan fingerprint density at radius 1 is 0.941 bits per heavy atom. The van der Waals surface area contributed by atoms with Crippen molar-refractivity contribution in [3.63, 3.8) is 0 Å². The Balaban J connectivity index is 2.79. The van der Waals surface area contributed by atoms with Crippen LogP contribution in [0, 0.1) is 5.92 Å². The number of hydrogen-bond acceptors (Lipinski definition) is 1. The van der Waals surface area contributed by atoms with Crippen molar-refractivity contribution in [1.82, 2.24) is 0 Å². The Morgan fingerprint density at radius 3 is 1.88 bits per heavy atom. The average Bonchev–Trinajstić information content (AvgIpc) is 2.28. The first-order valence-electron chi connectivity index (χ1n) is 6.75. The highest BCUT2D eigenvalue weighted by Crippen LogP contribution is 2.28. The molecule has 0 saturated carbocycles. The van der Waals surface area contributed by atoms with Crippen LogP contribution >= 0.6 is 0 Å². The lowest BCUT2D eigenvalue weighted by Crippen LogP contribution is -2.05. The molecule has 1 aromatic rings. The minimum Gasteiger partial charge on any atom is -0.396 e. The van der Waals surface area contributed by atoms with Crippen molar-refractivity contribution in [1.29, 1.82) is 0 Å². The molecule has 96 valence electrons. The molecule has 0 radical (unpaired) electrons. The third-order valence-corrected chi connectivity index (χ3v) is 3.31. The highest BCUT2D eigenvalue weighted by molar-refractivity contribution is 5.27. The van der Waals surface area contributed by atoms with E-state index in [4.69, 9.17) is 5.11 Å². The van der Waals surface area contributed by atoms with E-state index in [9.17, 15) is 0 Å². The molecule has 0 aliphatic carbocycles. The van der Waals surface area contributed by atoms with Gasteiger partial charge in [0.15, 0.2) is 0 Å². The Bertz CT molecular complexity index is 311. The first-order valence-corrected chi connectivity index (χ1v) is 6.75. The second kappa shape index (κ2) is 6.80. The molecule has 0 fully saturated rings. The predicted molar refractivity (Wildman–Crippen MR) is 74.4 cm³/mol. The fourth-order valence-electron chi connectivity index (χ4n) is 2.30. The van der Waals surface area contributed by atoms with Gasteiger partial charge in [-0.15, -0.1) is 0 Å². The van der Waals surface area contributed by atoms with E-state index >= 15 is 0 Å². The molecule has 0 heterocycles. The van der Waals surface area contributed by atoms with Crippen LogP contribution in [0.3, 0.4) is 0 Å². The molecule has 17 heavy (non-hydrogen) atoms. The molecule has 1 heteroatoms. The minimum atomic E-state index is 0.281. The number of aliphatic hydroxyl groups is 1. The van der Waals surface area contributed by atoms with Crippen LogP contribution in [-0.2, 0) is 0 Å². The molecule has 1 N–H and O–H groups in total. The zero-order valence-electron chi connectivity index (χ0n) is 11.6. The quantitative estimate of drug-likeness (QED) is 0.777. The SMILES string of the molecule is CC(C)CC(CCO)c1ccc(C(C)C)cc1. The summed E-state index contributed by atoms with van der Waals surface area (Å²) in [5.74, 6) is 1.77. The molecule has 0 aliphatic rings. The van der Waals surface area contributed by atoms with Gasteiger partial charge in [-0.25, -0.2) is 0 Å². The Labute approximate surface area is 106 Å². The van der Waals surface area contributed by atoms with Crippen molar-refractivity contribution in [3.8, 4) is 0 Å². The molecule has 1 unspecified atom stereocenters. The van der Waals surface area contributed by atoms with Gasteiger partial charge in [-0.1, -0.05) is 52.0 Å². The fraction of sp³-hybridized carbons (Fsp3) is 0.625. The molecule has 1 atom stereocenters. The third kappa shape index (κ3) is 4.51. The van der Waals surface area contributed by atoms with Gasteiger partial charge in [0, 0.05) is 6.61 Å². The summed E-state index contributed by atoms with van der Waals surface area (Å²) in [6, 6.07) is 8.92. The van der Waals surface area contributed by atoms with Crippen LogP contribution in [0.1, 0.15) is 63.5 Å². The minimum absolute atomic E-state index is 0.281. The smallest absolute Gasteiger partial charge is 0.0436 e. The molecule has 1 aromatic carbocycles. The number of benzene rings is 1. The largest absolute Gasteiger partial charge is 0.396 e. The molecule has 0 saturated heterocycles. The molecule has 1 nitrogen and oxygen atoms in total. The van der Waals surface area contributed by atoms with Gasteiger partial charge < -0.3 is 5.11 Å². The van der Waals surface area contributed by atoms with Crippen molar-refractivity contribution in [2.24, 2.45) is 5.92 Å². The van der Waals surface area contributed by atoms with Crippen LogP contribution in [0.5, 0.6) is 0 Å². The topological polar surface area (TPSA) is 20.2 Å². The first-order chi connectivity index (χ1) is 8.04. The standard InChI is InChI=1S/C16H26O/c1-12(2)11-16(9-10-17)15-7-5-14(6-8-15)13(3)4/h5-8,12-13,16-17H,9-11H2,1-4H3. The van der Waals surface area contributed by atoms with E-state index < -0.39 is 0 Å². The monoisotopic (exact) mass is 234 g/mol. The van der Waals surface area contributed by atoms with Crippen molar-refractivity contribution < 1.29 is 5.11 Å². The number of aliphatic hydroxyl groups excluding tert-OH is 1. The van der Waals surface area contributed by atoms with E-state index in [0.717, 1.165) is 12.8 Å². The Hall–Kier alpha value is -0.820. The highest BCUT2D eigenvalue weighted by atomic mass is 16.3. The molecular weight excluding hydrogens is 208 g/mol. The summed E-state index contributed by atoms with van der Waals surface area (Å²) >= 11 is 0. The van der Waals surface area contributed by atoms with Crippen molar-refractivity contribution in [3.05, 3.63) is 35.4 Å². The molecular formula is C16H26O. The van der Waals surface area contributed by atoms with E-state index in [0.29, 0.717) is 17.8 Å². The highest BCUT2D eigenvalue weighted by Gasteiger charge is 2.13. The normalized spacial score (nSPS) is 13.4. The third-order valence-electron chi connectivity index (χ3n) is 3.31. The molecule has 0 bridgehead atoms. The zero-order chi connectivity index (χ0) is 12.8. The molecule has 0 aliphatic heterocycles.